The molecule has 2 aromatic carbocycles. The number of amides is 1. The van der Waals surface area contributed by atoms with E-state index in [4.69, 9.17) is 16.3 Å². The molecule has 0 radical (unpaired) electrons. The van der Waals surface area contributed by atoms with Crippen LogP contribution in [0.2, 0.25) is 5.02 Å². The summed E-state index contributed by atoms with van der Waals surface area (Å²) in [6.07, 6.45) is 0.792. The van der Waals surface area contributed by atoms with Gasteiger partial charge in [0, 0.05) is 29.1 Å². The molecular formula is C21H21ClN2O3. The summed E-state index contributed by atoms with van der Waals surface area (Å²) in [4.78, 5) is 30.5. The van der Waals surface area contributed by atoms with E-state index in [1.165, 1.54) is 0 Å². The predicted octanol–water partition coefficient (Wildman–Crippen LogP) is 3.87. The highest BCUT2D eigenvalue weighted by molar-refractivity contribution is 6.32. The molecule has 0 saturated heterocycles. The van der Waals surface area contributed by atoms with Gasteiger partial charge in [0.05, 0.1) is 18.0 Å². The number of rotatable bonds is 6. The minimum atomic E-state index is -0.252. The van der Waals surface area contributed by atoms with Crippen molar-refractivity contribution < 1.29 is 14.3 Å². The van der Waals surface area contributed by atoms with Gasteiger partial charge in [-0.25, -0.2) is 0 Å². The van der Waals surface area contributed by atoms with Gasteiger partial charge in [-0.15, -0.1) is 0 Å². The number of benzene rings is 2. The molecule has 1 amide bonds. The highest BCUT2D eigenvalue weighted by atomic mass is 35.5. The molecule has 1 heterocycles. The van der Waals surface area contributed by atoms with Crippen LogP contribution in [-0.2, 0) is 14.3 Å². The maximum Gasteiger partial charge on any atom is 0.305 e. The minimum Gasteiger partial charge on any atom is -0.466 e. The Labute approximate surface area is 163 Å². The van der Waals surface area contributed by atoms with E-state index in [0.29, 0.717) is 24.6 Å². The van der Waals surface area contributed by atoms with E-state index in [1.54, 1.807) is 17.9 Å². The number of halogens is 1. The number of hydrogen-bond donors (Lipinski definition) is 0. The van der Waals surface area contributed by atoms with Crippen LogP contribution in [0.5, 0.6) is 0 Å². The minimum absolute atomic E-state index is 0.0515. The molecule has 140 valence electrons. The monoisotopic (exact) mass is 384 g/mol. The molecule has 1 aliphatic rings. The zero-order chi connectivity index (χ0) is 19.2. The number of ether oxygens (including phenoxy) is 1. The zero-order valence-corrected chi connectivity index (χ0v) is 15.9. The van der Waals surface area contributed by atoms with Crippen molar-refractivity contribution in [2.24, 2.45) is 4.99 Å². The van der Waals surface area contributed by atoms with Crippen LogP contribution in [0.25, 0.3) is 0 Å². The van der Waals surface area contributed by atoms with Crippen molar-refractivity contribution in [2.75, 3.05) is 24.6 Å². The Bertz CT molecular complexity index is 865. The fourth-order valence-corrected chi connectivity index (χ4v) is 3.26. The summed E-state index contributed by atoms with van der Waals surface area (Å²) in [5, 5.41) is 0.582. The molecule has 0 aromatic heterocycles. The van der Waals surface area contributed by atoms with Gasteiger partial charge in [-0.2, -0.15) is 0 Å². The molecule has 0 fully saturated rings. The Morgan fingerprint density at radius 3 is 2.74 bits per heavy atom. The van der Waals surface area contributed by atoms with E-state index in [-0.39, 0.29) is 24.8 Å². The third-order valence-electron chi connectivity index (χ3n) is 4.29. The number of carbonyl (C=O) groups is 2. The Kier molecular flexibility index (Phi) is 6.24. The van der Waals surface area contributed by atoms with Crippen molar-refractivity contribution in [2.45, 2.75) is 19.8 Å². The van der Waals surface area contributed by atoms with Gasteiger partial charge in [0.2, 0.25) is 5.91 Å². The molecule has 0 atom stereocenters. The summed E-state index contributed by atoms with van der Waals surface area (Å²) in [7, 11) is 0. The van der Waals surface area contributed by atoms with Crippen molar-refractivity contribution in [3.63, 3.8) is 0 Å². The molecule has 0 N–H and O–H groups in total. The molecule has 1 aliphatic heterocycles. The second-order valence-electron chi connectivity index (χ2n) is 6.15. The molecule has 0 unspecified atom stereocenters. The highest BCUT2D eigenvalue weighted by Crippen LogP contribution is 2.30. The second kappa shape index (κ2) is 8.82. The van der Waals surface area contributed by atoms with Crippen LogP contribution in [0.3, 0.4) is 0 Å². The van der Waals surface area contributed by atoms with Crippen molar-refractivity contribution in [1.82, 2.24) is 0 Å². The van der Waals surface area contributed by atoms with Gasteiger partial charge in [0.15, 0.2) is 0 Å². The standard InChI is InChI=1S/C21H21ClN2O3/c1-2-27-20(26)9-6-12-24-18-11-10-16(22)13-17(18)21(23-14-19(24)25)15-7-4-3-5-8-15/h3-5,7-8,10-11,13H,2,6,9,12,14H2,1H3. The third-order valence-corrected chi connectivity index (χ3v) is 4.53. The number of anilines is 1. The van der Waals surface area contributed by atoms with Crippen LogP contribution in [-0.4, -0.2) is 37.3 Å². The molecule has 0 saturated carbocycles. The third kappa shape index (κ3) is 4.55. The molecule has 6 heteroatoms. The van der Waals surface area contributed by atoms with Gasteiger partial charge in [0.25, 0.3) is 0 Å². The Morgan fingerprint density at radius 2 is 2.00 bits per heavy atom. The average molecular weight is 385 g/mol. The van der Waals surface area contributed by atoms with Crippen molar-refractivity contribution >= 4 is 34.9 Å². The van der Waals surface area contributed by atoms with Gasteiger partial charge >= 0.3 is 5.97 Å². The van der Waals surface area contributed by atoms with Gasteiger partial charge in [-0.3, -0.25) is 14.6 Å². The number of fused-ring (bicyclic) bond motifs is 1. The SMILES string of the molecule is CCOC(=O)CCCN1C(=O)CN=C(c2ccccc2)c2cc(Cl)ccc21. The van der Waals surface area contributed by atoms with Crippen molar-refractivity contribution in [3.8, 4) is 0 Å². The van der Waals surface area contributed by atoms with E-state index in [2.05, 4.69) is 4.99 Å². The summed E-state index contributed by atoms with van der Waals surface area (Å²) < 4.78 is 4.96. The Morgan fingerprint density at radius 1 is 1.22 bits per heavy atom. The van der Waals surface area contributed by atoms with E-state index < -0.39 is 0 Å². The summed E-state index contributed by atoms with van der Waals surface area (Å²) >= 11 is 6.23. The van der Waals surface area contributed by atoms with Crippen LogP contribution in [0.1, 0.15) is 30.9 Å². The van der Waals surface area contributed by atoms with Crippen molar-refractivity contribution in [1.29, 1.82) is 0 Å². The quantitative estimate of drug-likeness (QED) is 0.710. The predicted molar refractivity (Wildman–Crippen MR) is 107 cm³/mol. The summed E-state index contributed by atoms with van der Waals surface area (Å²) in [5.41, 5.74) is 3.25. The first-order chi connectivity index (χ1) is 13.1. The van der Waals surface area contributed by atoms with Gasteiger partial charge in [-0.1, -0.05) is 41.9 Å². The van der Waals surface area contributed by atoms with Crippen molar-refractivity contribution in [3.05, 3.63) is 64.7 Å². The van der Waals surface area contributed by atoms with Crippen LogP contribution in [0, 0.1) is 0 Å². The lowest BCUT2D eigenvalue weighted by molar-refractivity contribution is -0.143. The first-order valence-electron chi connectivity index (χ1n) is 8.96. The van der Waals surface area contributed by atoms with Gasteiger partial charge < -0.3 is 9.64 Å². The molecule has 3 rings (SSSR count). The molecule has 27 heavy (non-hydrogen) atoms. The number of carbonyl (C=O) groups excluding carboxylic acids is 2. The topological polar surface area (TPSA) is 59.0 Å². The van der Waals surface area contributed by atoms with Gasteiger partial charge in [0.1, 0.15) is 6.54 Å². The maximum absolute atomic E-state index is 12.7. The normalized spacial score (nSPS) is 13.6. The zero-order valence-electron chi connectivity index (χ0n) is 15.2. The fraction of sp³-hybridized carbons (Fsp3) is 0.286. The number of nitrogens with zero attached hydrogens (tertiary/aromatic N) is 2. The van der Waals surface area contributed by atoms with Crippen LogP contribution >= 0.6 is 11.6 Å². The smallest absolute Gasteiger partial charge is 0.305 e. The first-order valence-corrected chi connectivity index (χ1v) is 9.33. The average Bonchev–Trinajstić information content (AvgIpc) is 2.79. The van der Waals surface area contributed by atoms with E-state index in [1.807, 2.05) is 42.5 Å². The van der Waals surface area contributed by atoms with Crippen LogP contribution in [0.4, 0.5) is 5.69 Å². The lowest BCUT2D eigenvalue weighted by Crippen LogP contribution is -2.33. The molecule has 2 aromatic rings. The summed E-state index contributed by atoms with van der Waals surface area (Å²) in [6.45, 7) is 2.61. The molecular weight excluding hydrogens is 364 g/mol. The lowest BCUT2D eigenvalue weighted by atomic mass is 10.00. The second-order valence-corrected chi connectivity index (χ2v) is 6.58. The largest absolute Gasteiger partial charge is 0.466 e. The number of esters is 1. The summed E-state index contributed by atoms with van der Waals surface area (Å²) in [5.74, 6) is -0.356. The molecule has 0 aliphatic carbocycles. The molecule has 0 bridgehead atoms. The van der Waals surface area contributed by atoms with Gasteiger partial charge in [-0.05, 0) is 31.5 Å². The van der Waals surface area contributed by atoms with E-state index in [0.717, 1.165) is 22.5 Å². The molecule has 5 nitrogen and oxygen atoms in total. The van der Waals surface area contributed by atoms with E-state index in [9.17, 15) is 9.59 Å². The number of benzodiazepines with no additional fused rings is 1. The first kappa shape index (κ1) is 19.1. The highest BCUT2D eigenvalue weighted by Gasteiger charge is 2.25. The number of aliphatic imine (C=N–C) groups is 1. The van der Waals surface area contributed by atoms with Crippen LogP contribution in [0.15, 0.2) is 53.5 Å². The lowest BCUT2D eigenvalue weighted by Gasteiger charge is -2.23. The van der Waals surface area contributed by atoms with Crippen LogP contribution < -0.4 is 4.90 Å². The molecule has 0 spiro atoms. The summed E-state index contributed by atoms with van der Waals surface area (Å²) in [6, 6.07) is 15.2. The maximum atomic E-state index is 12.7. The Balaban J connectivity index is 1.91. The van der Waals surface area contributed by atoms with E-state index >= 15 is 0 Å². The number of hydrogen-bond acceptors (Lipinski definition) is 4. The Hall–Kier alpha value is -2.66. The fourth-order valence-electron chi connectivity index (χ4n) is 3.09.